The summed E-state index contributed by atoms with van der Waals surface area (Å²) in [7, 11) is 0. The van der Waals surface area contributed by atoms with Crippen LogP contribution >= 0.6 is 24.2 Å². The van der Waals surface area contributed by atoms with Crippen molar-refractivity contribution in [2.75, 3.05) is 28.7 Å². The van der Waals surface area contributed by atoms with E-state index in [1.54, 1.807) is 12.1 Å². The van der Waals surface area contributed by atoms with Crippen molar-refractivity contribution in [2.24, 2.45) is 0 Å². The van der Waals surface area contributed by atoms with Gasteiger partial charge in [0.2, 0.25) is 5.91 Å². The van der Waals surface area contributed by atoms with Crippen LogP contribution in [0.3, 0.4) is 0 Å². The Morgan fingerprint density at radius 3 is 2.44 bits per heavy atom. The number of carbonyl (C=O) groups is 2. The fraction of sp³-hybridized carbons (Fsp3) is 0.300. The van der Waals surface area contributed by atoms with Gasteiger partial charge in [0.1, 0.15) is 0 Å². The number of thioether (sulfide) groups is 1. The summed E-state index contributed by atoms with van der Waals surface area (Å²) in [4.78, 5) is 24.7. The molecule has 7 heteroatoms. The zero-order valence-corrected chi connectivity index (χ0v) is 16.8. The minimum absolute atomic E-state index is 0. The van der Waals surface area contributed by atoms with Crippen molar-refractivity contribution in [3.8, 4) is 0 Å². The maximum atomic E-state index is 12.4. The number of hydrogen-bond donors (Lipinski definition) is 3. The third-order valence-corrected chi connectivity index (χ3v) is 5.45. The molecule has 0 aliphatic carbocycles. The van der Waals surface area contributed by atoms with Gasteiger partial charge in [-0.1, -0.05) is 24.3 Å². The Kier molecular flexibility index (Phi) is 8.16. The monoisotopic (exact) mass is 405 g/mol. The molecule has 1 aliphatic rings. The van der Waals surface area contributed by atoms with E-state index in [9.17, 15) is 9.59 Å². The standard InChI is InChI=1S/C20H23N3O2S.ClH/c1-14-17(22-19(24)12-16-13-26-11-10-21-16)8-5-9-18(14)23-20(25)15-6-3-2-4-7-15;/h2-9,16,21H,10-13H2,1H3,(H,22,24)(H,23,25);1H. The first kappa shape index (κ1) is 21.3. The van der Waals surface area contributed by atoms with Gasteiger partial charge in [-0.05, 0) is 36.8 Å². The van der Waals surface area contributed by atoms with Gasteiger partial charge in [-0.15, -0.1) is 12.4 Å². The molecule has 3 rings (SSSR count). The molecule has 2 amide bonds. The van der Waals surface area contributed by atoms with Gasteiger partial charge in [-0.25, -0.2) is 0 Å². The van der Waals surface area contributed by atoms with Crippen molar-refractivity contribution in [1.29, 1.82) is 0 Å². The quantitative estimate of drug-likeness (QED) is 0.709. The van der Waals surface area contributed by atoms with Crippen molar-refractivity contribution < 1.29 is 9.59 Å². The van der Waals surface area contributed by atoms with Gasteiger partial charge in [0.05, 0.1) is 0 Å². The summed E-state index contributed by atoms with van der Waals surface area (Å²) >= 11 is 1.87. The maximum Gasteiger partial charge on any atom is 0.255 e. The molecule has 1 unspecified atom stereocenters. The Morgan fingerprint density at radius 2 is 1.78 bits per heavy atom. The van der Waals surface area contributed by atoms with Gasteiger partial charge in [-0.2, -0.15) is 11.8 Å². The highest BCUT2D eigenvalue weighted by molar-refractivity contribution is 7.99. The molecule has 1 fully saturated rings. The topological polar surface area (TPSA) is 70.2 Å². The van der Waals surface area contributed by atoms with Gasteiger partial charge in [0.15, 0.2) is 0 Å². The Bertz CT molecular complexity index is 780. The molecule has 0 aromatic heterocycles. The van der Waals surface area contributed by atoms with Gasteiger partial charge >= 0.3 is 0 Å². The smallest absolute Gasteiger partial charge is 0.255 e. The van der Waals surface area contributed by atoms with E-state index < -0.39 is 0 Å². The summed E-state index contributed by atoms with van der Waals surface area (Å²) in [5.74, 6) is 1.88. The Hall–Kier alpha value is -2.02. The molecule has 2 aromatic rings. The predicted octanol–water partition coefficient (Wildman–Crippen LogP) is 3.70. The van der Waals surface area contributed by atoms with Crippen LogP contribution < -0.4 is 16.0 Å². The molecular weight excluding hydrogens is 382 g/mol. The maximum absolute atomic E-state index is 12.4. The molecule has 3 N–H and O–H groups in total. The molecule has 0 saturated carbocycles. The summed E-state index contributed by atoms with van der Waals surface area (Å²) in [5, 5.41) is 9.25. The van der Waals surface area contributed by atoms with Gasteiger partial charge in [0, 0.05) is 47.5 Å². The van der Waals surface area contributed by atoms with Gasteiger partial charge < -0.3 is 16.0 Å². The van der Waals surface area contributed by atoms with E-state index in [-0.39, 0.29) is 30.3 Å². The number of rotatable bonds is 5. The van der Waals surface area contributed by atoms with E-state index in [2.05, 4.69) is 16.0 Å². The molecular formula is C20H24ClN3O2S. The van der Waals surface area contributed by atoms with E-state index in [1.807, 2.05) is 55.1 Å². The fourth-order valence-corrected chi connectivity index (χ4v) is 3.82. The van der Waals surface area contributed by atoms with Crippen molar-refractivity contribution in [1.82, 2.24) is 5.32 Å². The molecule has 0 bridgehead atoms. The number of nitrogens with one attached hydrogen (secondary N) is 3. The van der Waals surface area contributed by atoms with E-state index >= 15 is 0 Å². The summed E-state index contributed by atoms with van der Waals surface area (Å²) in [6.07, 6.45) is 0.451. The van der Waals surface area contributed by atoms with E-state index in [4.69, 9.17) is 0 Å². The van der Waals surface area contributed by atoms with Crippen molar-refractivity contribution in [3.05, 3.63) is 59.7 Å². The second-order valence-corrected chi connectivity index (χ2v) is 7.43. The lowest BCUT2D eigenvalue weighted by Crippen LogP contribution is -2.39. The molecule has 1 atom stereocenters. The number of amides is 2. The number of anilines is 2. The van der Waals surface area contributed by atoms with Gasteiger partial charge in [0.25, 0.3) is 5.91 Å². The van der Waals surface area contributed by atoms with Crippen molar-refractivity contribution >= 4 is 47.4 Å². The van der Waals surface area contributed by atoms with E-state index in [0.717, 1.165) is 29.3 Å². The van der Waals surface area contributed by atoms with Crippen LogP contribution in [0.1, 0.15) is 22.3 Å². The minimum atomic E-state index is -0.166. The van der Waals surface area contributed by atoms with Crippen LogP contribution in [0.25, 0.3) is 0 Å². The van der Waals surface area contributed by atoms with Crippen molar-refractivity contribution in [3.63, 3.8) is 0 Å². The average Bonchev–Trinajstić information content (AvgIpc) is 2.66. The van der Waals surface area contributed by atoms with Crippen molar-refractivity contribution in [2.45, 2.75) is 19.4 Å². The minimum Gasteiger partial charge on any atom is -0.326 e. The lowest BCUT2D eigenvalue weighted by molar-refractivity contribution is -0.116. The van der Waals surface area contributed by atoms with E-state index in [1.165, 1.54) is 0 Å². The van der Waals surface area contributed by atoms with Crippen LogP contribution in [-0.4, -0.2) is 35.9 Å². The summed E-state index contributed by atoms with van der Waals surface area (Å²) in [6, 6.07) is 14.8. The molecule has 27 heavy (non-hydrogen) atoms. The van der Waals surface area contributed by atoms with Crippen LogP contribution in [-0.2, 0) is 4.79 Å². The van der Waals surface area contributed by atoms with Crippen LogP contribution in [0.4, 0.5) is 11.4 Å². The lowest BCUT2D eigenvalue weighted by atomic mass is 10.1. The molecule has 5 nitrogen and oxygen atoms in total. The molecule has 0 spiro atoms. The summed E-state index contributed by atoms with van der Waals surface area (Å²) in [5.41, 5.74) is 2.87. The molecule has 144 valence electrons. The first-order valence-electron chi connectivity index (χ1n) is 8.70. The zero-order chi connectivity index (χ0) is 18.4. The molecule has 1 saturated heterocycles. The highest BCUT2D eigenvalue weighted by Crippen LogP contribution is 2.24. The Balaban J connectivity index is 0.00000261. The molecule has 2 aromatic carbocycles. The third-order valence-electron chi connectivity index (χ3n) is 4.32. The van der Waals surface area contributed by atoms with Crippen LogP contribution in [0, 0.1) is 6.92 Å². The Morgan fingerprint density at radius 1 is 1.07 bits per heavy atom. The molecule has 0 radical (unpaired) electrons. The predicted molar refractivity (Wildman–Crippen MR) is 115 cm³/mol. The highest BCUT2D eigenvalue weighted by Gasteiger charge is 2.17. The first-order valence-corrected chi connectivity index (χ1v) is 9.86. The average molecular weight is 406 g/mol. The summed E-state index contributed by atoms with van der Waals surface area (Å²) < 4.78 is 0. The first-order chi connectivity index (χ1) is 12.6. The summed E-state index contributed by atoms with van der Waals surface area (Å²) in [6.45, 7) is 2.84. The second-order valence-electron chi connectivity index (χ2n) is 6.28. The SMILES string of the molecule is Cc1c(NC(=O)CC2CSCCN2)cccc1NC(=O)c1ccccc1.Cl. The van der Waals surface area contributed by atoms with Crippen LogP contribution in [0.2, 0.25) is 0 Å². The normalized spacial score (nSPS) is 16.1. The largest absolute Gasteiger partial charge is 0.326 e. The van der Waals surface area contributed by atoms with E-state index in [0.29, 0.717) is 17.7 Å². The number of carbonyl (C=O) groups excluding carboxylic acids is 2. The Labute approximate surface area is 170 Å². The van der Waals surface area contributed by atoms with Gasteiger partial charge in [-0.3, -0.25) is 9.59 Å². The second kappa shape index (κ2) is 10.3. The number of halogens is 1. The fourth-order valence-electron chi connectivity index (χ4n) is 2.87. The zero-order valence-electron chi connectivity index (χ0n) is 15.2. The molecule has 1 aliphatic heterocycles. The lowest BCUT2D eigenvalue weighted by Gasteiger charge is -2.22. The highest BCUT2D eigenvalue weighted by atomic mass is 35.5. The third kappa shape index (κ3) is 5.99. The number of hydrogen-bond acceptors (Lipinski definition) is 4. The molecule has 1 heterocycles. The van der Waals surface area contributed by atoms with Crippen LogP contribution in [0.15, 0.2) is 48.5 Å². The number of benzene rings is 2. The van der Waals surface area contributed by atoms with Crippen LogP contribution in [0.5, 0.6) is 0 Å².